The topological polar surface area (TPSA) is 24.9 Å². The van der Waals surface area contributed by atoms with Crippen molar-refractivity contribution in [2.45, 2.75) is 38.1 Å². The van der Waals surface area contributed by atoms with E-state index in [0.717, 1.165) is 5.92 Å². The van der Waals surface area contributed by atoms with Crippen LogP contribution in [0.5, 0.6) is 0 Å². The van der Waals surface area contributed by atoms with E-state index < -0.39 is 0 Å². The van der Waals surface area contributed by atoms with E-state index in [1.165, 1.54) is 31.4 Å². The smallest absolute Gasteiger partial charge is 0.0303 e. The van der Waals surface area contributed by atoms with Gasteiger partial charge in [0.2, 0.25) is 0 Å². The molecule has 2 unspecified atom stereocenters. The van der Waals surface area contributed by atoms with Crippen LogP contribution in [0.15, 0.2) is 24.5 Å². The largest absolute Gasteiger partial charge is 0.311 e. The molecule has 1 saturated carbocycles. The molecule has 1 aromatic heterocycles. The second-order valence-corrected chi connectivity index (χ2v) is 4.23. The van der Waals surface area contributed by atoms with Crippen LogP contribution >= 0.6 is 0 Å². The highest BCUT2D eigenvalue weighted by Crippen LogP contribution is 2.55. The Morgan fingerprint density at radius 3 is 3.07 bits per heavy atom. The van der Waals surface area contributed by atoms with Gasteiger partial charge in [-0.25, -0.2) is 0 Å². The highest BCUT2D eigenvalue weighted by Gasteiger charge is 2.55. The zero-order valence-corrected chi connectivity index (χ0v) is 7.66. The lowest BCUT2D eigenvalue weighted by atomic mass is 10.1. The van der Waals surface area contributed by atoms with Gasteiger partial charge in [-0.3, -0.25) is 4.98 Å². The maximum atomic E-state index is 4.17. The minimum absolute atomic E-state index is 0. The molecular weight excluding hydrogens is 172 g/mol. The lowest BCUT2D eigenvalue weighted by Gasteiger charge is -2.08. The van der Waals surface area contributed by atoms with Gasteiger partial charge in [0.25, 0.3) is 0 Å². The molecule has 2 aliphatic rings. The third-order valence-corrected chi connectivity index (χ3v) is 3.44. The van der Waals surface area contributed by atoms with Crippen molar-refractivity contribution in [3.05, 3.63) is 30.1 Å². The fourth-order valence-electron chi connectivity index (χ4n) is 2.63. The standard InChI is InChI=1S/C11H14N2.CH4/c1-3-9(8-12-5-1)10-7-11(10)4-2-6-13-11;/h1,3,5,8,10,13H,2,4,6-7H2;1H4. The predicted molar refractivity (Wildman–Crippen MR) is 58.3 cm³/mol. The summed E-state index contributed by atoms with van der Waals surface area (Å²) in [6.07, 6.45) is 7.88. The molecule has 0 radical (unpaired) electrons. The molecular formula is C12H18N2. The van der Waals surface area contributed by atoms with Crippen molar-refractivity contribution in [1.29, 1.82) is 0 Å². The molecule has 2 atom stereocenters. The summed E-state index contributed by atoms with van der Waals surface area (Å²) in [4.78, 5) is 4.17. The minimum Gasteiger partial charge on any atom is -0.311 e. The van der Waals surface area contributed by atoms with Crippen LogP contribution in [-0.2, 0) is 0 Å². The van der Waals surface area contributed by atoms with Crippen LogP contribution in [0.25, 0.3) is 0 Å². The maximum absolute atomic E-state index is 4.17. The molecule has 1 aliphatic carbocycles. The van der Waals surface area contributed by atoms with Gasteiger partial charge in [0.05, 0.1) is 0 Å². The lowest BCUT2D eigenvalue weighted by molar-refractivity contribution is 0.578. The van der Waals surface area contributed by atoms with E-state index in [1.54, 1.807) is 0 Å². The molecule has 0 bridgehead atoms. The third-order valence-electron chi connectivity index (χ3n) is 3.44. The highest BCUT2D eigenvalue weighted by atomic mass is 15.1. The Hall–Kier alpha value is -0.890. The first-order chi connectivity index (χ1) is 6.41. The van der Waals surface area contributed by atoms with Crippen LogP contribution in [0.1, 0.15) is 38.2 Å². The summed E-state index contributed by atoms with van der Waals surface area (Å²) < 4.78 is 0. The van der Waals surface area contributed by atoms with Crippen molar-refractivity contribution in [3.8, 4) is 0 Å². The zero-order valence-electron chi connectivity index (χ0n) is 7.66. The first kappa shape index (κ1) is 9.66. The van der Waals surface area contributed by atoms with Crippen molar-refractivity contribution in [3.63, 3.8) is 0 Å². The van der Waals surface area contributed by atoms with Crippen LogP contribution in [-0.4, -0.2) is 17.1 Å². The zero-order chi connectivity index (χ0) is 8.73. The van der Waals surface area contributed by atoms with Crippen LogP contribution < -0.4 is 5.32 Å². The number of nitrogens with one attached hydrogen (secondary N) is 1. The molecule has 0 amide bonds. The summed E-state index contributed by atoms with van der Waals surface area (Å²) in [7, 11) is 0. The van der Waals surface area contributed by atoms with Crippen molar-refractivity contribution in [2.24, 2.45) is 0 Å². The van der Waals surface area contributed by atoms with E-state index in [-0.39, 0.29) is 7.43 Å². The summed E-state index contributed by atoms with van der Waals surface area (Å²) in [5.41, 5.74) is 1.89. The van der Waals surface area contributed by atoms with E-state index in [2.05, 4.69) is 16.4 Å². The van der Waals surface area contributed by atoms with Crippen LogP contribution in [0.4, 0.5) is 0 Å². The number of pyridine rings is 1. The molecule has 1 aliphatic heterocycles. The average Bonchev–Trinajstić information content (AvgIpc) is 2.66. The van der Waals surface area contributed by atoms with Gasteiger partial charge in [-0.15, -0.1) is 0 Å². The first-order valence-electron chi connectivity index (χ1n) is 5.06. The summed E-state index contributed by atoms with van der Waals surface area (Å²) in [6.45, 7) is 1.21. The quantitative estimate of drug-likeness (QED) is 0.735. The molecule has 2 heterocycles. The third kappa shape index (κ3) is 1.34. The fraction of sp³-hybridized carbons (Fsp3) is 0.583. The molecule has 76 valence electrons. The number of rotatable bonds is 1. The molecule has 3 rings (SSSR count). The normalized spacial score (nSPS) is 34.1. The Kier molecular flexibility index (Phi) is 2.31. The van der Waals surface area contributed by atoms with Crippen LogP contribution in [0.2, 0.25) is 0 Å². The molecule has 0 aromatic carbocycles. The van der Waals surface area contributed by atoms with E-state index >= 15 is 0 Å². The van der Waals surface area contributed by atoms with Gasteiger partial charge in [0.15, 0.2) is 0 Å². The van der Waals surface area contributed by atoms with E-state index in [4.69, 9.17) is 0 Å². The van der Waals surface area contributed by atoms with Gasteiger partial charge in [-0.05, 0) is 37.4 Å². The van der Waals surface area contributed by atoms with Crippen molar-refractivity contribution in [2.75, 3.05) is 6.54 Å². The molecule has 1 saturated heterocycles. The Bertz CT molecular complexity index is 301. The number of aromatic nitrogens is 1. The molecule has 2 nitrogen and oxygen atoms in total. The van der Waals surface area contributed by atoms with Gasteiger partial charge < -0.3 is 5.32 Å². The highest BCUT2D eigenvalue weighted by molar-refractivity contribution is 5.32. The summed E-state index contributed by atoms with van der Waals surface area (Å²) >= 11 is 0. The molecule has 14 heavy (non-hydrogen) atoms. The Labute approximate surface area is 85.7 Å². The fourth-order valence-corrected chi connectivity index (χ4v) is 2.63. The lowest BCUT2D eigenvalue weighted by Crippen LogP contribution is -2.25. The summed E-state index contributed by atoms with van der Waals surface area (Å²) in [5.74, 6) is 0.740. The number of nitrogens with zero attached hydrogens (tertiary/aromatic N) is 1. The first-order valence-corrected chi connectivity index (χ1v) is 5.06. The predicted octanol–water partition coefficient (Wildman–Crippen LogP) is 2.33. The molecule has 1 aromatic rings. The SMILES string of the molecule is C.c1cncc(C2CC23CCCN3)c1. The van der Waals surface area contributed by atoms with Crippen LogP contribution in [0, 0.1) is 0 Å². The maximum Gasteiger partial charge on any atom is 0.0303 e. The van der Waals surface area contributed by atoms with Gasteiger partial charge in [-0.1, -0.05) is 13.5 Å². The Morgan fingerprint density at radius 1 is 1.50 bits per heavy atom. The van der Waals surface area contributed by atoms with E-state index in [0.29, 0.717) is 5.54 Å². The van der Waals surface area contributed by atoms with E-state index in [9.17, 15) is 0 Å². The Balaban J connectivity index is 0.000000750. The minimum atomic E-state index is 0. The van der Waals surface area contributed by atoms with Crippen molar-refractivity contribution in [1.82, 2.24) is 10.3 Å². The molecule has 1 N–H and O–H groups in total. The second-order valence-electron chi connectivity index (χ2n) is 4.23. The van der Waals surface area contributed by atoms with Crippen molar-refractivity contribution < 1.29 is 0 Å². The summed E-state index contributed by atoms with van der Waals surface area (Å²) in [5, 5.41) is 3.63. The average molecular weight is 190 g/mol. The van der Waals surface area contributed by atoms with E-state index in [1.807, 2.05) is 18.5 Å². The molecule has 2 fully saturated rings. The molecule has 1 spiro atoms. The number of hydrogen-bond donors (Lipinski definition) is 1. The number of hydrogen-bond acceptors (Lipinski definition) is 2. The monoisotopic (exact) mass is 190 g/mol. The van der Waals surface area contributed by atoms with Gasteiger partial charge in [-0.2, -0.15) is 0 Å². The summed E-state index contributed by atoms with van der Waals surface area (Å²) in [6, 6.07) is 4.24. The van der Waals surface area contributed by atoms with Crippen molar-refractivity contribution >= 4 is 0 Å². The second kappa shape index (κ2) is 3.35. The van der Waals surface area contributed by atoms with Gasteiger partial charge in [0, 0.05) is 23.9 Å². The van der Waals surface area contributed by atoms with Gasteiger partial charge >= 0.3 is 0 Å². The van der Waals surface area contributed by atoms with Crippen LogP contribution in [0.3, 0.4) is 0 Å². The Morgan fingerprint density at radius 2 is 2.43 bits per heavy atom. The van der Waals surface area contributed by atoms with Gasteiger partial charge in [0.1, 0.15) is 0 Å². The molecule has 2 heteroatoms.